The van der Waals surface area contributed by atoms with Crippen molar-refractivity contribution in [2.75, 3.05) is 20.2 Å². The van der Waals surface area contributed by atoms with Crippen molar-refractivity contribution in [1.29, 1.82) is 0 Å². The predicted molar refractivity (Wildman–Crippen MR) is 100 cm³/mol. The Morgan fingerprint density at radius 2 is 1.85 bits per heavy atom. The Labute approximate surface area is 153 Å². The fourth-order valence-electron chi connectivity index (χ4n) is 2.58. The van der Waals surface area contributed by atoms with E-state index >= 15 is 0 Å². The summed E-state index contributed by atoms with van der Waals surface area (Å²) >= 11 is 0. The highest BCUT2D eigenvalue weighted by molar-refractivity contribution is 5.74. The van der Waals surface area contributed by atoms with E-state index in [9.17, 15) is 4.79 Å². The molecule has 0 saturated heterocycles. The molecule has 0 radical (unpaired) electrons. The Kier molecular flexibility index (Phi) is 5.81. The zero-order valence-corrected chi connectivity index (χ0v) is 15.0. The molecular formula is C21H22N2O3. The molecule has 134 valence electrons. The lowest BCUT2D eigenvalue weighted by Gasteiger charge is -2.16. The number of ether oxygens (including phenoxy) is 1. The van der Waals surface area contributed by atoms with Crippen LogP contribution in [-0.4, -0.2) is 36.4 Å². The monoisotopic (exact) mass is 350 g/mol. The van der Waals surface area contributed by atoms with Gasteiger partial charge in [0, 0.05) is 24.2 Å². The summed E-state index contributed by atoms with van der Waals surface area (Å²) in [6.07, 6.45) is 0.821. The van der Waals surface area contributed by atoms with Crippen molar-refractivity contribution >= 4 is 6.29 Å². The number of rotatable bonds is 8. The van der Waals surface area contributed by atoms with Gasteiger partial charge in [-0.3, -0.25) is 9.69 Å². The quantitative estimate of drug-likeness (QED) is 0.575. The van der Waals surface area contributed by atoms with Gasteiger partial charge in [0.15, 0.2) is 0 Å². The molecule has 5 nitrogen and oxygen atoms in total. The Morgan fingerprint density at radius 1 is 1.12 bits per heavy atom. The van der Waals surface area contributed by atoms with Crippen molar-refractivity contribution < 1.29 is 13.9 Å². The van der Waals surface area contributed by atoms with Crippen molar-refractivity contribution in [2.24, 2.45) is 0 Å². The standard InChI is InChI=1S/C21H22N2O3/c1-16-20(22-21(26-16)18-6-4-3-5-7-18)14-23(2)12-13-25-19-10-8-17(15-24)9-11-19/h3-11,15H,12-14H2,1-2H3. The van der Waals surface area contributed by atoms with E-state index in [0.717, 1.165) is 35.6 Å². The Balaban J connectivity index is 1.52. The highest BCUT2D eigenvalue weighted by Crippen LogP contribution is 2.22. The molecule has 5 heteroatoms. The van der Waals surface area contributed by atoms with Gasteiger partial charge in [-0.05, 0) is 50.4 Å². The summed E-state index contributed by atoms with van der Waals surface area (Å²) < 4.78 is 11.5. The van der Waals surface area contributed by atoms with Crippen LogP contribution in [0.5, 0.6) is 5.75 Å². The number of aldehydes is 1. The van der Waals surface area contributed by atoms with Crippen LogP contribution < -0.4 is 4.74 Å². The van der Waals surface area contributed by atoms with Gasteiger partial charge in [-0.25, -0.2) is 4.98 Å². The van der Waals surface area contributed by atoms with Crippen molar-refractivity contribution in [3.8, 4) is 17.2 Å². The van der Waals surface area contributed by atoms with Gasteiger partial charge in [0.1, 0.15) is 24.4 Å². The van der Waals surface area contributed by atoms with Crippen LogP contribution in [0.4, 0.5) is 0 Å². The molecule has 0 N–H and O–H groups in total. The molecule has 3 rings (SSSR count). The minimum atomic E-state index is 0.555. The number of likely N-dealkylation sites (N-methyl/N-ethyl adjacent to an activating group) is 1. The van der Waals surface area contributed by atoms with Crippen molar-refractivity contribution in [3.63, 3.8) is 0 Å². The smallest absolute Gasteiger partial charge is 0.226 e. The van der Waals surface area contributed by atoms with Gasteiger partial charge in [-0.2, -0.15) is 0 Å². The van der Waals surface area contributed by atoms with Crippen LogP contribution in [0.25, 0.3) is 11.5 Å². The second-order valence-electron chi connectivity index (χ2n) is 6.16. The molecular weight excluding hydrogens is 328 g/mol. The van der Waals surface area contributed by atoms with Gasteiger partial charge in [0.05, 0.1) is 5.69 Å². The SMILES string of the molecule is Cc1oc(-c2ccccc2)nc1CN(C)CCOc1ccc(C=O)cc1. The first-order valence-electron chi connectivity index (χ1n) is 8.54. The van der Waals surface area contributed by atoms with Crippen LogP contribution in [0.3, 0.4) is 0 Å². The number of hydrogen-bond donors (Lipinski definition) is 0. The number of carbonyl (C=O) groups is 1. The fraction of sp³-hybridized carbons (Fsp3) is 0.238. The molecule has 1 heterocycles. The molecule has 3 aromatic rings. The van der Waals surface area contributed by atoms with E-state index in [1.165, 1.54) is 0 Å². The molecule has 0 bridgehead atoms. The summed E-state index contributed by atoms with van der Waals surface area (Å²) in [5.74, 6) is 2.24. The number of aryl methyl sites for hydroxylation is 1. The van der Waals surface area contributed by atoms with E-state index in [0.29, 0.717) is 24.6 Å². The summed E-state index contributed by atoms with van der Waals surface area (Å²) in [5, 5.41) is 0. The number of benzene rings is 2. The Morgan fingerprint density at radius 3 is 2.54 bits per heavy atom. The number of oxazole rings is 1. The van der Waals surface area contributed by atoms with E-state index in [1.54, 1.807) is 24.3 Å². The second-order valence-corrected chi connectivity index (χ2v) is 6.16. The average molecular weight is 350 g/mol. The summed E-state index contributed by atoms with van der Waals surface area (Å²) in [7, 11) is 2.02. The van der Waals surface area contributed by atoms with Gasteiger partial charge in [-0.15, -0.1) is 0 Å². The zero-order valence-electron chi connectivity index (χ0n) is 15.0. The highest BCUT2D eigenvalue weighted by Gasteiger charge is 2.13. The Hall–Kier alpha value is -2.92. The molecule has 26 heavy (non-hydrogen) atoms. The zero-order chi connectivity index (χ0) is 18.4. The van der Waals surface area contributed by atoms with Crippen LogP contribution in [0, 0.1) is 6.92 Å². The molecule has 0 fully saturated rings. The molecule has 0 unspecified atom stereocenters. The summed E-state index contributed by atoms with van der Waals surface area (Å²) in [5.41, 5.74) is 2.55. The molecule has 0 aliphatic rings. The van der Waals surface area contributed by atoms with Gasteiger partial charge >= 0.3 is 0 Å². The molecule has 0 spiro atoms. The lowest BCUT2D eigenvalue weighted by atomic mass is 10.2. The van der Waals surface area contributed by atoms with E-state index in [1.807, 2.05) is 44.3 Å². The van der Waals surface area contributed by atoms with E-state index in [2.05, 4.69) is 9.88 Å². The number of hydrogen-bond acceptors (Lipinski definition) is 5. The normalized spacial score (nSPS) is 10.9. The van der Waals surface area contributed by atoms with E-state index in [-0.39, 0.29) is 0 Å². The molecule has 1 aromatic heterocycles. The number of carbonyl (C=O) groups excluding carboxylic acids is 1. The van der Waals surface area contributed by atoms with E-state index < -0.39 is 0 Å². The van der Waals surface area contributed by atoms with Gasteiger partial charge in [0.25, 0.3) is 0 Å². The molecule has 0 aliphatic heterocycles. The molecule has 0 atom stereocenters. The molecule has 2 aromatic carbocycles. The van der Waals surface area contributed by atoms with Crippen LogP contribution in [0.15, 0.2) is 59.0 Å². The van der Waals surface area contributed by atoms with Crippen LogP contribution in [-0.2, 0) is 6.54 Å². The summed E-state index contributed by atoms with van der Waals surface area (Å²) in [4.78, 5) is 17.4. The van der Waals surface area contributed by atoms with Crippen molar-refractivity contribution in [2.45, 2.75) is 13.5 Å². The van der Waals surface area contributed by atoms with Crippen molar-refractivity contribution in [1.82, 2.24) is 9.88 Å². The molecule has 0 saturated carbocycles. The summed E-state index contributed by atoms with van der Waals surface area (Å²) in [6, 6.07) is 17.0. The van der Waals surface area contributed by atoms with E-state index in [4.69, 9.17) is 9.15 Å². The maximum absolute atomic E-state index is 10.7. The minimum absolute atomic E-state index is 0.555. The third-order valence-electron chi connectivity index (χ3n) is 4.09. The van der Waals surface area contributed by atoms with Crippen molar-refractivity contribution in [3.05, 3.63) is 71.6 Å². The largest absolute Gasteiger partial charge is 0.492 e. The van der Waals surface area contributed by atoms with Gasteiger partial charge in [-0.1, -0.05) is 18.2 Å². The third-order valence-corrected chi connectivity index (χ3v) is 4.09. The number of aromatic nitrogens is 1. The lowest BCUT2D eigenvalue weighted by molar-refractivity contribution is 0.112. The maximum atomic E-state index is 10.7. The first kappa shape index (κ1) is 17.9. The highest BCUT2D eigenvalue weighted by atomic mass is 16.5. The van der Waals surface area contributed by atoms with Crippen LogP contribution >= 0.6 is 0 Å². The topological polar surface area (TPSA) is 55.6 Å². The molecule has 0 amide bonds. The maximum Gasteiger partial charge on any atom is 0.226 e. The minimum Gasteiger partial charge on any atom is -0.492 e. The van der Waals surface area contributed by atoms with Crippen LogP contribution in [0.1, 0.15) is 21.8 Å². The first-order valence-corrected chi connectivity index (χ1v) is 8.54. The fourth-order valence-corrected chi connectivity index (χ4v) is 2.58. The van der Waals surface area contributed by atoms with Gasteiger partial charge in [0.2, 0.25) is 5.89 Å². The Bertz CT molecular complexity index is 841. The predicted octanol–water partition coefficient (Wildman–Crippen LogP) is 3.97. The average Bonchev–Trinajstić information content (AvgIpc) is 3.03. The lowest BCUT2D eigenvalue weighted by Crippen LogP contribution is -2.24. The number of nitrogens with zero attached hydrogens (tertiary/aromatic N) is 2. The second kappa shape index (κ2) is 8.45. The third kappa shape index (κ3) is 4.58. The first-order chi connectivity index (χ1) is 12.7. The summed E-state index contributed by atoms with van der Waals surface area (Å²) in [6.45, 7) is 3.94. The van der Waals surface area contributed by atoms with Crippen LogP contribution in [0.2, 0.25) is 0 Å². The molecule has 0 aliphatic carbocycles. The van der Waals surface area contributed by atoms with Gasteiger partial charge < -0.3 is 9.15 Å².